The number of fused-ring (bicyclic) bond motifs is 1. The zero-order chi connectivity index (χ0) is 21.9. The molecular formula is C21H25ClN4O3S. The molecule has 0 radical (unpaired) electrons. The first-order chi connectivity index (χ1) is 14.2. The lowest BCUT2D eigenvalue weighted by Gasteiger charge is -2.14. The van der Waals surface area contributed by atoms with E-state index in [1.54, 1.807) is 18.2 Å². The van der Waals surface area contributed by atoms with E-state index in [-0.39, 0.29) is 23.3 Å². The van der Waals surface area contributed by atoms with E-state index in [2.05, 4.69) is 17.2 Å². The number of hydrogen-bond donors (Lipinski definition) is 2. The number of rotatable bonds is 8. The van der Waals surface area contributed by atoms with Crippen LogP contribution >= 0.6 is 11.6 Å². The predicted octanol–water partition coefficient (Wildman–Crippen LogP) is 3.56. The maximum atomic E-state index is 12.5. The Bertz CT molecular complexity index is 1160. The highest BCUT2D eigenvalue weighted by Gasteiger charge is 2.16. The smallest absolute Gasteiger partial charge is 0.238 e. The molecule has 0 aliphatic heterocycles. The molecule has 7 nitrogen and oxygen atoms in total. The van der Waals surface area contributed by atoms with Gasteiger partial charge in [0.2, 0.25) is 15.9 Å². The number of carbonyl (C=O) groups is 1. The van der Waals surface area contributed by atoms with Crippen molar-refractivity contribution in [1.82, 2.24) is 14.9 Å². The number of nitrogens with one attached hydrogen (secondary N) is 1. The third-order valence-electron chi connectivity index (χ3n) is 4.90. The first-order valence-corrected chi connectivity index (χ1v) is 11.7. The lowest BCUT2D eigenvalue weighted by atomic mass is 10.1. The number of amides is 1. The summed E-state index contributed by atoms with van der Waals surface area (Å²) in [5.41, 5.74) is 2.36. The molecule has 3 rings (SSSR count). The lowest BCUT2D eigenvalue weighted by Crippen LogP contribution is -2.27. The Labute approximate surface area is 181 Å². The van der Waals surface area contributed by atoms with Crippen LogP contribution in [0.2, 0.25) is 5.02 Å². The number of hydrogen-bond acceptors (Lipinski definition) is 4. The van der Waals surface area contributed by atoms with Gasteiger partial charge in [-0.05, 0) is 49.2 Å². The van der Waals surface area contributed by atoms with E-state index in [9.17, 15) is 13.2 Å². The van der Waals surface area contributed by atoms with Crippen LogP contribution in [0.5, 0.6) is 0 Å². The summed E-state index contributed by atoms with van der Waals surface area (Å²) in [5, 5.41) is 8.87. The second-order valence-electron chi connectivity index (χ2n) is 7.22. The van der Waals surface area contributed by atoms with E-state index in [0.717, 1.165) is 29.9 Å². The summed E-state index contributed by atoms with van der Waals surface area (Å²) in [4.78, 5) is 17.1. The minimum absolute atomic E-state index is 0.0252. The Balaban J connectivity index is 1.74. The van der Waals surface area contributed by atoms with Crippen molar-refractivity contribution in [3.8, 4) is 0 Å². The summed E-state index contributed by atoms with van der Waals surface area (Å²) in [6.45, 7) is 4.69. The predicted molar refractivity (Wildman–Crippen MR) is 118 cm³/mol. The maximum Gasteiger partial charge on any atom is 0.238 e. The molecule has 0 saturated carbocycles. The average Bonchev–Trinajstić information content (AvgIpc) is 3.03. The molecule has 0 aliphatic rings. The number of imidazole rings is 1. The SMILES string of the molecule is CCCn1c(CCC(=O)NC(C)c2ccc(Cl)cc2)nc2cc(S(N)(=O)=O)ccc21. The summed E-state index contributed by atoms with van der Waals surface area (Å²) in [5.74, 6) is 0.658. The first-order valence-electron chi connectivity index (χ1n) is 9.76. The minimum atomic E-state index is -3.80. The fraction of sp³-hybridized carbons (Fsp3) is 0.333. The molecule has 1 aromatic heterocycles. The van der Waals surface area contributed by atoms with Crippen molar-refractivity contribution in [2.45, 2.75) is 50.6 Å². The van der Waals surface area contributed by atoms with Gasteiger partial charge in [-0.3, -0.25) is 4.79 Å². The van der Waals surface area contributed by atoms with Crippen LogP contribution in [0.3, 0.4) is 0 Å². The Morgan fingerprint density at radius 1 is 1.23 bits per heavy atom. The molecule has 3 aromatic rings. The maximum absolute atomic E-state index is 12.5. The van der Waals surface area contributed by atoms with Gasteiger partial charge < -0.3 is 9.88 Å². The van der Waals surface area contributed by atoms with Gasteiger partial charge in [0, 0.05) is 24.4 Å². The van der Waals surface area contributed by atoms with Crippen molar-refractivity contribution in [3.63, 3.8) is 0 Å². The summed E-state index contributed by atoms with van der Waals surface area (Å²) < 4.78 is 25.3. The van der Waals surface area contributed by atoms with Gasteiger partial charge in [0.1, 0.15) is 5.82 Å². The van der Waals surface area contributed by atoms with Gasteiger partial charge in [-0.2, -0.15) is 0 Å². The molecular weight excluding hydrogens is 424 g/mol. The molecule has 0 fully saturated rings. The van der Waals surface area contributed by atoms with Crippen LogP contribution in [0.15, 0.2) is 47.4 Å². The van der Waals surface area contributed by atoms with Crippen molar-refractivity contribution in [3.05, 3.63) is 58.9 Å². The van der Waals surface area contributed by atoms with Crippen LogP contribution in [0.4, 0.5) is 0 Å². The molecule has 1 amide bonds. The molecule has 0 saturated heterocycles. The molecule has 160 valence electrons. The van der Waals surface area contributed by atoms with E-state index >= 15 is 0 Å². The number of carbonyl (C=O) groups excluding carboxylic acids is 1. The summed E-state index contributed by atoms with van der Waals surface area (Å²) in [6.07, 6.45) is 1.60. The van der Waals surface area contributed by atoms with E-state index in [1.165, 1.54) is 12.1 Å². The molecule has 2 aromatic carbocycles. The minimum Gasteiger partial charge on any atom is -0.350 e. The van der Waals surface area contributed by atoms with Crippen LogP contribution in [0.25, 0.3) is 11.0 Å². The standard InChI is InChI=1S/C21H25ClN4O3S/c1-3-12-26-19-9-8-17(30(23,28)29)13-18(19)25-20(26)10-11-21(27)24-14(2)15-4-6-16(22)7-5-15/h4-9,13-14H,3,10-12H2,1-2H3,(H,24,27)(H2,23,28,29). The summed E-state index contributed by atoms with van der Waals surface area (Å²) in [6, 6.07) is 11.9. The lowest BCUT2D eigenvalue weighted by molar-refractivity contribution is -0.121. The molecule has 3 N–H and O–H groups in total. The van der Waals surface area contributed by atoms with Crippen LogP contribution in [-0.4, -0.2) is 23.9 Å². The van der Waals surface area contributed by atoms with E-state index < -0.39 is 10.0 Å². The van der Waals surface area contributed by atoms with Gasteiger partial charge >= 0.3 is 0 Å². The molecule has 1 heterocycles. The zero-order valence-electron chi connectivity index (χ0n) is 16.9. The number of nitrogens with zero attached hydrogens (tertiary/aromatic N) is 2. The van der Waals surface area contributed by atoms with Gasteiger partial charge in [-0.1, -0.05) is 30.7 Å². The second-order valence-corrected chi connectivity index (χ2v) is 9.21. The Hall–Kier alpha value is -2.42. The number of halogens is 1. The molecule has 1 unspecified atom stereocenters. The summed E-state index contributed by atoms with van der Waals surface area (Å²) in [7, 11) is -3.80. The highest BCUT2D eigenvalue weighted by molar-refractivity contribution is 7.89. The molecule has 0 bridgehead atoms. The fourth-order valence-electron chi connectivity index (χ4n) is 3.37. The zero-order valence-corrected chi connectivity index (χ0v) is 18.5. The quantitative estimate of drug-likeness (QED) is 0.549. The first kappa shape index (κ1) is 22.3. The van der Waals surface area contributed by atoms with Gasteiger partial charge in [0.25, 0.3) is 0 Å². The van der Waals surface area contributed by atoms with Crippen molar-refractivity contribution < 1.29 is 13.2 Å². The Kier molecular flexibility index (Phi) is 6.80. The van der Waals surface area contributed by atoms with Crippen LogP contribution in [0, 0.1) is 0 Å². The monoisotopic (exact) mass is 448 g/mol. The topological polar surface area (TPSA) is 107 Å². The van der Waals surface area contributed by atoms with Crippen molar-refractivity contribution in [2.75, 3.05) is 0 Å². The van der Waals surface area contributed by atoms with Gasteiger partial charge in [-0.25, -0.2) is 18.5 Å². The number of aromatic nitrogens is 2. The molecule has 1 atom stereocenters. The van der Waals surface area contributed by atoms with Crippen molar-refractivity contribution >= 4 is 38.6 Å². The van der Waals surface area contributed by atoms with Gasteiger partial charge in [-0.15, -0.1) is 0 Å². The second kappa shape index (κ2) is 9.16. The number of benzene rings is 2. The third kappa shape index (κ3) is 5.19. The molecule has 0 aliphatic carbocycles. The molecule has 9 heteroatoms. The van der Waals surface area contributed by atoms with Gasteiger partial charge in [0.15, 0.2) is 0 Å². The van der Waals surface area contributed by atoms with Crippen molar-refractivity contribution in [2.24, 2.45) is 5.14 Å². The Morgan fingerprint density at radius 2 is 1.93 bits per heavy atom. The Morgan fingerprint density at radius 3 is 2.57 bits per heavy atom. The largest absolute Gasteiger partial charge is 0.350 e. The summed E-state index contributed by atoms with van der Waals surface area (Å²) >= 11 is 5.91. The van der Waals surface area contributed by atoms with Crippen LogP contribution in [-0.2, 0) is 27.8 Å². The van der Waals surface area contributed by atoms with Crippen LogP contribution in [0.1, 0.15) is 44.1 Å². The fourth-order valence-corrected chi connectivity index (χ4v) is 4.03. The van der Waals surface area contributed by atoms with Crippen molar-refractivity contribution in [1.29, 1.82) is 0 Å². The van der Waals surface area contributed by atoms with Crippen LogP contribution < -0.4 is 10.5 Å². The van der Waals surface area contributed by atoms with E-state index in [4.69, 9.17) is 16.7 Å². The average molecular weight is 449 g/mol. The number of sulfonamides is 1. The molecule has 0 spiro atoms. The number of nitrogens with two attached hydrogens (primary N) is 1. The highest BCUT2D eigenvalue weighted by atomic mass is 35.5. The van der Waals surface area contributed by atoms with E-state index in [0.29, 0.717) is 17.0 Å². The highest BCUT2D eigenvalue weighted by Crippen LogP contribution is 2.22. The normalized spacial score (nSPS) is 12.8. The molecule has 30 heavy (non-hydrogen) atoms. The van der Waals surface area contributed by atoms with E-state index in [1.807, 2.05) is 23.6 Å². The third-order valence-corrected chi connectivity index (χ3v) is 6.06. The number of primary sulfonamides is 1. The van der Waals surface area contributed by atoms with Gasteiger partial charge in [0.05, 0.1) is 22.0 Å². The number of aryl methyl sites for hydroxylation is 2.